The van der Waals surface area contributed by atoms with Crippen LogP contribution in [0.4, 0.5) is 5.69 Å². The molecule has 0 aliphatic rings. The molecule has 0 radical (unpaired) electrons. The van der Waals surface area contributed by atoms with E-state index in [2.05, 4.69) is 5.32 Å². The number of carbonyl (C=O) groups excluding carboxylic acids is 1. The average Bonchev–Trinajstić information content (AvgIpc) is 2.36. The molecule has 0 fully saturated rings. The Bertz CT molecular complexity index is 419. The van der Waals surface area contributed by atoms with Crippen LogP contribution in [0, 0.1) is 10.1 Å². The van der Waals surface area contributed by atoms with Crippen molar-refractivity contribution in [3.05, 3.63) is 39.9 Å². The van der Waals surface area contributed by atoms with Gasteiger partial charge in [-0.05, 0) is 5.56 Å². The van der Waals surface area contributed by atoms with Crippen molar-refractivity contribution < 1.29 is 14.5 Å². The number of hydrogen-bond donors (Lipinski definition) is 2. The second-order valence-corrected chi connectivity index (χ2v) is 3.70. The lowest BCUT2D eigenvalue weighted by Crippen LogP contribution is -2.43. The number of amides is 1. The van der Waals surface area contributed by atoms with Crippen LogP contribution in [0.15, 0.2) is 24.3 Å². The van der Waals surface area contributed by atoms with E-state index >= 15 is 0 Å². The molecule has 0 aromatic heterocycles. The minimum atomic E-state index is -0.715. The Kier molecular flexibility index (Phi) is 5.22. The van der Waals surface area contributed by atoms with Crippen LogP contribution in [0.3, 0.4) is 0 Å². The summed E-state index contributed by atoms with van der Waals surface area (Å²) in [4.78, 5) is 21.4. The van der Waals surface area contributed by atoms with Crippen LogP contribution in [0.5, 0.6) is 0 Å². The van der Waals surface area contributed by atoms with Crippen molar-refractivity contribution in [3.63, 3.8) is 0 Å². The number of hydrogen-bond acceptors (Lipinski definition) is 5. The molecule has 1 atom stereocenters. The molecule has 18 heavy (non-hydrogen) atoms. The number of carbonyl (C=O) groups is 1. The van der Waals surface area contributed by atoms with E-state index in [1.807, 2.05) is 0 Å². The van der Waals surface area contributed by atoms with Gasteiger partial charge in [-0.3, -0.25) is 14.9 Å². The topological polar surface area (TPSA) is 107 Å². The van der Waals surface area contributed by atoms with E-state index in [1.54, 1.807) is 12.1 Å². The van der Waals surface area contributed by atoms with Crippen molar-refractivity contribution in [2.45, 2.75) is 12.6 Å². The number of nitrogens with one attached hydrogen (secondary N) is 1. The Balaban J connectivity index is 2.48. The van der Waals surface area contributed by atoms with Crippen LogP contribution in [-0.4, -0.2) is 30.6 Å². The first-order valence-electron chi connectivity index (χ1n) is 5.30. The minimum absolute atomic E-state index is 0.0150. The van der Waals surface area contributed by atoms with Gasteiger partial charge in [0.2, 0.25) is 5.91 Å². The number of ether oxygens (including phenoxy) is 1. The van der Waals surface area contributed by atoms with Gasteiger partial charge < -0.3 is 15.8 Å². The lowest BCUT2D eigenvalue weighted by Gasteiger charge is -2.11. The molecule has 1 aromatic rings. The summed E-state index contributed by atoms with van der Waals surface area (Å²) in [6.45, 7) is 0.417. The monoisotopic (exact) mass is 253 g/mol. The van der Waals surface area contributed by atoms with Gasteiger partial charge in [-0.2, -0.15) is 0 Å². The normalized spacial score (nSPS) is 11.9. The molecular weight excluding hydrogens is 238 g/mol. The second-order valence-electron chi connectivity index (χ2n) is 3.70. The molecule has 1 rings (SSSR count). The van der Waals surface area contributed by atoms with Crippen molar-refractivity contribution >= 4 is 11.6 Å². The fourth-order valence-corrected chi connectivity index (χ4v) is 1.31. The molecule has 0 saturated heterocycles. The molecule has 0 aliphatic heterocycles. The number of non-ortho nitro benzene ring substituents is 1. The smallest absolute Gasteiger partial charge is 0.269 e. The predicted octanol–water partition coefficient (Wildman–Crippen LogP) is 0.185. The first-order chi connectivity index (χ1) is 8.54. The zero-order valence-electron chi connectivity index (χ0n) is 9.96. The Morgan fingerprint density at radius 2 is 2.11 bits per heavy atom. The molecule has 7 heteroatoms. The number of nitrogens with zero attached hydrogens (tertiary/aromatic N) is 1. The molecule has 0 heterocycles. The van der Waals surface area contributed by atoms with Gasteiger partial charge in [-0.25, -0.2) is 0 Å². The molecule has 7 nitrogen and oxygen atoms in total. The van der Waals surface area contributed by atoms with Gasteiger partial charge in [0.15, 0.2) is 0 Å². The first-order valence-corrected chi connectivity index (χ1v) is 5.30. The molecule has 1 amide bonds. The van der Waals surface area contributed by atoms with Crippen molar-refractivity contribution in [1.82, 2.24) is 5.32 Å². The van der Waals surface area contributed by atoms with E-state index in [1.165, 1.54) is 19.2 Å². The Hall–Kier alpha value is -1.99. The summed E-state index contributed by atoms with van der Waals surface area (Å²) in [6.07, 6.45) is 0. The summed E-state index contributed by atoms with van der Waals surface area (Å²) in [5, 5.41) is 13.1. The molecule has 3 N–H and O–H groups in total. The molecule has 1 aromatic carbocycles. The zero-order chi connectivity index (χ0) is 13.5. The molecule has 1 unspecified atom stereocenters. The molecule has 98 valence electrons. The summed E-state index contributed by atoms with van der Waals surface area (Å²) >= 11 is 0. The minimum Gasteiger partial charge on any atom is -0.383 e. The van der Waals surface area contributed by atoms with Crippen LogP contribution in [-0.2, 0) is 16.1 Å². The van der Waals surface area contributed by atoms with E-state index in [0.29, 0.717) is 0 Å². The molecule has 0 saturated carbocycles. The Labute approximate surface area is 104 Å². The van der Waals surface area contributed by atoms with Gasteiger partial charge in [0.05, 0.1) is 11.5 Å². The van der Waals surface area contributed by atoms with E-state index < -0.39 is 11.0 Å². The maximum atomic E-state index is 11.5. The number of benzene rings is 1. The summed E-state index contributed by atoms with van der Waals surface area (Å²) in [5.74, 6) is -0.324. The van der Waals surface area contributed by atoms with E-state index in [4.69, 9.17) is 10.5 Å². The van der Waals surface area contributed by atoms with Crippen LogP contribution in [0.1, 0.15) is 5.56 Å². The third kappa shape index (κ3) is 4.11. The van der Waals surface area contributed by atoms with Gasteiger partial charge >= 0.3 is 0 Å². The maximum absolute atomic E-state index is 11.5. The standard InChI is InChI=1S/C11H15N3O4/c1-18-7-10(12)11(15)13-6-8-2-4-9(5-3-8)14(16)17/h2-5,10H,6-7,12H2,1H3,(H,13,15). The lowest BCUT2D eigenvalue weighted by atomic mass is 10.2. The van der Waals surface area contributed by atoms with E-state index in [0.717, 1.165) is 5.56 Å². The van der Waals surface area contributed by atoms with Crippen molar-refractivity contribution in [1.29, 1.82) is 0 Å². The van der Waals surface area contributed by atoms with Crippen LogP contribution >= 0.6 is 0 Å². The van der Waals surface area contributed by atoms with E-state index in [-0.39, 0.29) is 24.7 Å². The summed E-state index contributed by atoms with van der Waals surface area (Å²) in [7, 11) is 1.46. The van der Waals surface area contributed by atoms with Crippen molar-refractivity contribution in [3.8, 4) is 0 Å². The number of rotatable bonds is 6. The first kappa shape index (κ1) is 14.1. The summed E-state index contributed by atoms with van der Waals surface area (Å²) < 4.78 is 4.76. The van der Waals surface area contributed by atoms with Crippen molar-refractivity contribution in [2.75, 3.05) is 13.7 Å². The molecule has 0 bridgehead atoms. The van der Waals surface area contributed by atoms with Gasteiger partial charge in [0.25, 0.3) is 5.69 Å². The maximum Gasteiger partial charge on any atom is 0.269 e. The highest BCUT2D eigenvalue weighted by molar-refractivity contribution is 5.81. The highest BCUT2D eigenvalue weighted by Crippen LogP contribution is 2.11. The molecular formula is C11H15N3O4. The predicted molar refractivity (Wildman–Crippen MR) is 64.8 cm³/mol. The zero-order valence-corrected chi connectivity index (χ0v) is 9.96. The third-order valence-electron chi connectivity index (χ3n) is 2.30. The highest BCUT2D eigenvalue weighted by Gasteiger charge is 2.12. The largest absolute Gasteiger partial charge is 0.383 e. The molecule has 0 spiro atoms. The van der Waals surface area contributed by atoms with Crippen molar-refractivity contribution in [2.24, 2.45) is 5.73 Å². The number of nitrogens with two attached hydrogens (primary N) is 1. The van der Waals surface area contributed by atoms with Gasteiger partial charge in [-0.1, -0.05) is 12.1 Å². The third-order valence-corrected chi connectivity index (χ3v) is 2.30. The van der Waals surface area contributed by atoms with E-state index in [9.17, 15) is 14.9 Å². The van der Waals surface area contributed by atoms with Gasteiger partial charge in [0.1, 0.15) is 6.04 Å². The lowest BCUT2D eigenvalue weighted by molar-refractivity contribution is -0.384. The van der Waals surface area contributed by atoms with Gasteiger partial charge in [0, 0.05) is 25.8 Å². The van der Waals surface area contributed by atoms with Crippen LogP contribution in [0.25, 0.3) is 0 Å². The number of nitro benzene ring substituents is 1. The molecule has 0 aliphatic carbocycles. The van der Waals surface area contributed by atoms with Crippen LogP contribution < -0.4 is 11.1 Å². The fourth-order valence-electron chi connectivity index (χ4n) is 1.31. The highest BCUT2D eigenvalue weighted by atomic mass is 16.6. The average molecular weight is 253 g/mol. The Morgan fingerprint density at radius 3 is 2.61 bits per heavy atom. The summed E-state index contributed by atoms with van der Waals surface area (Å²) in [6, 6.07) is 5.22. The quantitative estimate of drug-likeness (QED) is 0.555. The second kappa shape index (κ2) is 6.67. The SMILES string of the molecule is COCC(N)C(=O)NCc1ccc([N+](=O)[O-])cc1. The summed E-state index contributed by atoms with van der Waals surface area (Å²) in [5.41, 5.74) is 6.31. The number of methoxy groups -OCH3 is 1. The van der Waals surface area contributed by atoms with Crippen LogP contribution in [0.2, 0.25) is 0 Å². The van der Waals surface area contributed by atoms with Gasteiger partial charge in [-0.15, -0.1) is 0 Å². The fraction of sp³-hybridized carbons (Fsp3) is 0.364. The Morgan fingerprint density at radius 1 is 1.50 bits per heavy atom. The number of nitro groups is 1.